The normalized spacial score (nSPS) is 13.6. The molecule has 0 aromatic heterocycles. The highest BCUT2D eigenvalue weighted by molar-refractivity contribution is 5.77. The number of hydrogen-bond donors (Lipinski definition) is 0. The third kappa shape index (κ3) is 14.1. The SMILES string of the molecule is CC(C)C(C)OC(=O)CCC(=O)OCCC(C)(C)OCCOC(C)(C)C. The summed E-state index contributed by atoms with van der Waals surface area (Å²) in [6.07, 6.45) is 0.492. The van der Waals surface area contributed by atoms with Gasteiger partial charge in [-0.25, -0.2) is 0 Å². The van der Waals surface area contributed by atoms with Gasteiger partial charge in [-0.2, -0.15) is 0 Å². The van der Waals surface area contributed by atoms with Crippen molar-refractivity contribution in [1.82, 2.24) is 0 Å². The molecule has 0 bridgehead atoms. The average molecular weight is 375 g/mol. The molecule has 0 aliphatic rings. The molecule has 1 unspecified atom stereocenters. The fourth-order valence-corrected chi connectivity index (χ4v) is 1.83. The first kappa shape index (κ1) is 24.9. The third-order valence-corrected chi connectivity index (χ3v) is 3.87. The van der Waals surface area contributed by atoms with Crippen LogP contribution in [-0.2, 0) is 28.5 Å². The molecule has 6 nitrogen and oxygen atoms in total. The molecule has 1 atom stereocenters. The summed E-state index contributed by atoms with van der Waals surface area (Å²) >= 11 is 0. The van der Waals surface area contributed by atoms with E-state index >= 15 is 0 Å². The van der Waals surface area contributed by atoms with Crippen LogP contribution in [0.5, 0.6) is 0 Å². The van der Waals surface area contributed by atoms with Gasteiger partial charge in [0, 0.05) is 6.42 Å². The molecule has 26 heavy (non-hydrogen) atoms. The third-order valence-electron chi connectivity index (χ3n) is 3.87. The lowest BCUT2D eigenvalue weighted by atomic mass is 10.1. The summed E-state index contributed by atoms with van der Waals surface area (Å²) in [6.45, 7) is 16.9. The van der Waals surface area contributed by atoms with E-state index in [1.807, 2.05) is 55.4 Å². The summed E-state index contributed by atoms with van der Waals surface area (Å²) in [5, 5.41) is 0. The van der Waals surface area contributed by atoms with Crippen LogP contribution >= 0.6 is 0 Å². The van der Waals surface area contributed by atoms with Crippen LogP contribution in [0.2, 0.25) is 0 Å². The Morgan fingerprint density at radius 2 is 1.35 bits per heavy atom. The highest BCUT2D eigenvalue weighted by Gasteiger charge is 2.20. The molecule has 6 heteroatoms. The van der Waals surface area contributed by atoms with Gasteiger partial charge in [0.05, 0.1) is 43.9 Å². The molecule has 0 amide bonds. The van der Waals surface area contributed by atoms with Gasteiger partial charge in [0.25, 0.3) is 0 Å². The monoisotopic (exact) mass is 374 g/mol. The molecule has 0 aliphatic heterocycles. The van der Waals surface area contributed by atoms with Crippen molar-refractivity contribution in [3.63, 3.8) is 0 Å². The van der Waals surface area contributed by atoms with Crippen molar-refractivity contribution in [2.24, 2.45) is 5.92 Å². The summed E-state index contributed by atoms with van der Waals surface area (Å²) < 4.78 is 21.8. The highest BCUT2D eigenvalue weighted by Crippen LogP contribution is 2.15. The molecule has 0 heterocycles. The quantitative estimate of drug-likeness (QED) is 0.381. The van der Waals surface area contributed by atoms with Gasteiger partial charge < -0.3 is 18.9 Å². The summed E-state index contributed by atoms with van der Waals surface area (Å²) in [7, 11) is 0. The highest BCUT2D eigenvalue weighted by atomic mass is 16.6. The van der Waals surface area contributed by atoms with E-state index in [1.165, 1.54) is 0 Å². The topological polar surface area (TPSA) is 71.1 Å². The maximum Gasteiger partial charge on any atom is 0.306 e. The number of ether oxygens (including phenoxy) is 4. The molecule has 0 aromatic carbocycles. The fourth-order valence-electron chi connectivity index (χ4n) is 1.83. The Labute approximate surface area is 158 Å². The molecular weight excluding hydrogens is 336 g/mol. The van der Waals surface area contributed by atoms with Crippen LogP contribution in [0.1, 0.15) is 74.7 Å². The van der Waals surface area contributed by atoms with Crippen LogP contribution in [-0.4, -0.2) is 49.1 Å². The molecule has 0 radical (unpaired) electrons. The Kier molecular flexibility index (Phi) is 11.0. The summed E-state index contributed by atoms with van der Waals surface area (Å²) in [5.41, 5.74) is -0.593. The van der Waals surface area contributed by atoms with E-state index in [0.29, 0.717) is 19.6 Å². The Morgan fingerprint density at radius 1 is 0.808 bits per heavy atom. The van der Waals surface area contributed by atoms with Crippen molar-refractivity contribution < 1.29 is 28.5 Å². The first-order valence-electron chi connectivity index (χ1n) is 9.45. The zero-order chi connectivity index (χ0) is 20.4. The van der Waals surface area contributed by atoms with E-state index in [2.05, 4.69) is 0 Å². The molecule has 154 valence electrons. The van der Waals surface area contributed by atoms with Gasteiger partial charge in [-0.15, -0.1) is 0 Å². The Hall–Kier alpha value is -1.14. The summed E-state index contributed by atoms with van der Waals surface area (Å²) in [6, 6.07) is 0. The number of rotatable bonds is 12. The van der Waals surface area contributed by atoms with E-state index < -0.39 is 11.6 Å². The number of carbonyl (C=O) groups excluding carboxylic acids is 2. The molecule has 0 fully saturated rings. The van der Waals surface area contributed by atoms with Gasteiger partial charge >= 0.3 is 11.9 Å². The second kappa shape index (κ2) is 11.5. The largest absolute Gasteiger partial charge is 0.466 e. The van der Waals surface area contributed by atoms with Gasteiger partial charge in [-0.05, 0) is 47.5 Å². The van der Waals surface area contributed by atoms with Crippen LogP contribution in [0, 0.1) is 5.92 Å². The zero-order valence-electron chi connectivity index (χ0n) is 17.8. The molecule has 0 aliphatic carbocycles. The van der Waals surface area contributed by atoms with Gasteiger partial charge in [0.1, 0.15) is 6.10 Å². The van der Waals surface area contributed by atoms with Crippen LogP contribution in [0.4, 0.5) is 0 Å². The van der Waals surface area contributed by atoms with Crippen molar-refractivity contribution in [2.75, 3.05) is 19.8 Å². The molecule has 0 N–H and O–H groups in total. The minimum atomic E-state index is -0.410. The van der Waals surface area contributed by atoms with Gasteiger partial charge in [-0.1, -0.05) is 13.8 Å². The molecule has 0 saturated carbocycles. The smallest absolute Gasteiger partial charge is 0.306 e. The lowest BCUT2D eigenvalue weighted by molar-refractivity contribution is -0.155. The minimum absolute atomic E-state index is 0.0321. The number of hydrogen-bond acceptors (Lipinski definition) is 6. The Bertz CT molecular complexity index is 423. The van der Waals surface area contributed by atoms with Crippen molar-refractivity contribution in [3.8, 4) is 0 Å². The van der Waals surface area contributed by atoms with E-state index in [1.54, 1.807) is 0 Å². The first-order chi connectivity index (χ1) is 11.8. The minimum Gasteiger partial charge on any atom is -0.466 e. The summed E-state index contributed by atoms with van der Waals surface area (Å²) in [5.74, 6) is -0.515. The Morgan fingerprint density at radius 3 is 1.88 bits per heavy atom. The van der Waals surface area contributed by atoms with E-state index in [9.17, 15) is 9.59 Å². The predicted molar refractivity (Wildman–Crippen MR) is 101 cm³/mol. The molecule has 0 aromatic rings. The maximum absolute atomic E-state index is 11.7. The first-order valence-corrected chi connectivity index (χ1v) is 9.45. The molecule has 0 rings (SSSR count). The second-order valence-electron chi connectivity index (χ2n) is 8.48. The van der Waals surface area contributed by atoms with Crippen LogP contribution in [0.15, 0.2) is 0 Å². The number of esters is 2. The molecular formula is C20H38O6. The van der Waals surface area contributed by atoms with Crippen molar-refractivity contribution >= 4 is 11.9 Å². The average Bonchev–Trinajstić information content (AvgIpc) is 2.48. The van der Waals surface area contributed by atoms with E-state index in [-0.39, 0.29) is 43.0 Å². The molecule has 0 spiro atoms. The van der Waals surface area contributed by atoms with Crippen LogP contribution in [0.25, 0.3) is 0 Å². The lowest BCUT2D eigenvalue weighted by Crippen LogP contribution is -2.30. The van der Waals surface area contributed by atoms with Crippen LogP contribution in [0.3, 0.4) is 0 Å². The second-order valence-corrected chi connectivity index (χ2v) is 8.48. The fraction of sp³-hybridized carbons (Fsp3) is 0.900. The van der Waals surface area contributed by atoms with Gasteiger partial charge in [0.2, 0.25) is 0 Å². The van der Waals surface area contributed by atoms with E-state index in [4.69, 9.17) is 18.9 Å². The van der Waals surface area contributed by atoms with Crippen molar-refractivity contribution in [1.29, 1.82) is 0 Å². The van der Waals surface area contributed by atoms with Crippen molar-refractivity contribution in [3.05, 3.63) is 0 Å². The van der Waals surface area contributed by atoms with E-state index in [0.717, 1.165) is 0 Å². The van der Waals surface area contributed by atoms with Crippen LogP contribution < -0.4 is 0 Å². The predicted octanol–water partition coefficient (Wildman–Crippen LogP) is 3.90. The maximum atomic E-state index is 11.7. The van der Waals surface area contributed by atoms with Crippen molar-refractivity contribution in [2.45, 2.75) is 92.0 Å². The number of carbonyl (C=O) groups is 2. The zero-order valence-corrected chi connectivity index (χ0v) is 17.8. The lowest BCUT2D eigenvalue weighted by Gasteiger charge is -2.26. The molecule has 0 saturated heterocycles. The Balaban J connectivity index is 3.89. The summed E-state index contributed by atoms with van der Waals surface area (Å²) in [4.78, 5) is 23.4. The standard InChI is InChI=1S/C20H38O6/c1-15(2)16(3)26-18(22)10-9-17(21)23-12-11-20(7,8)25-14-13-24-19(4,5)6/h15-16H,9-14H2,1-8H3. The van der Waals surface area contributed by atoms with Gasteiger partial charge in [-0.3, -0.25) is 9.59 Å². The van der Waals surface area contributed by atoms with Gasteiger partial charge in [0.15, 0.2) is 0 Å².